The van der Waals surface area contributed by atoms with Crippen molar-refractivity contribution in [3.05, 3.63) is 24.3 Å². The van der Waals surface area contributed by atoms with Crippen molar-refractivity contribution in [1.82, 2.24) is 19.9 Å². The normalized spacial score (nSPS) is 16.7. The van der Waals surface area contributed by atoms with Gasteiger partial charge < -0.3 is 9.84 Å². The van der Waals surface area contributed by atoms with Crippen LogP contribution in [0.15, 0.2) is 23.0 Å². The third kappa shape index (κ3) is 2.69. The van der Waals surface area contributed by atoms with Gasteiger partial charge in [0.1, 0.15) is 0 Å². The zero-order valence-corrected chi connectivity index (χ0v) is 10.4. The summed E-state index contributed by atoms with van der Waals surface area (Å²) in [6.45, 7) is 3.84. The molecule has 1 atom stereocenters. The third-order valence-electron chi connectivity index (χ3n) is 3.04. The van der Waals surface area contributed by atoms with E-state index in [0.29, 0.717) is 17.9 Å². The first-order valence-corrected chi connectivity index (χ1v) is 6.36. The van der Waals surface area contributed by atoms with Gasteiger partial charge in [0.15, 0.2) is 5.82 Å². The Labute approximate surface area is 105 Å². The van der Waals surface area contributed by atoms with Gasteiger partial charge in [-0.3, -0.25) is 4.68 Å². The smallest absolute Gasteiger partial charge is 0.321 e. The molecule has 0 radical (unpaired) electrons. The standard InChI is InChI=1S/C12H17N5O/c1-9(8-17-6-2-5-14-17)7-13-12-15-11(16-18-12)10-3-4-10/h2,5-6,9-10H,3-4,7-8H2,1H3,(H,13,15,16)/t9-/m1/s1. The first-order valence-electron chi connectivity index (χ1n) is 6.36. The van der Waals surface area contributed by atoms with E-state index in [4.69, 9.17) is 4.52 Å². The van der Waals surface area contributed by atoms with Crippen LogP contribution in [0.4, 0.5) is 6.01 Å². The molecule has 1 fully saturated rings. The highest BCUT2D eigenvalue weighted by Gasteiger charge is 2.28. The van der Waals surface area contributed by atoms with Crippen LogP contribution in [0.5, 0.6) is 0 Å². The minimum atomic E-state index is 0.446. The van der Waals surface area contributed by atoms with Crippen molar-refractivity contribution < 1.29 is 4.52 Å². The lowest BCUT2D eigenvalue weighted by Crippen LogP contribution is -2.17. The number of nitrogens with zero attached hydrogens (tertiary/aromatic N) is 4. The Bertz CT molecular complexity index is 488. The molecule has 6 nitrogen and oxygen atoms in total. The van der Waals surface area contributed by atoms with E-state index < -0.39 is 0 Å². The maximum Gasteiger partial charge on any atom is 0.321 e. The first-order chi connectivity index (χ1) is 8.81. The van der Waals surface area contributed by atoms with Gasteiger partial charge in [-0.1, -0.05) is 12.1 Å². The van der Waals surface area contributed by atoms with Crippen LogP contribution in [0.1, 0.15) is 31.5 Å². The highest BCUT2D eigenvalue weighted by molar-refractivity contribution is 5.20. The Hall–Kier alpha value is -1.85. The summed E-state index contributed by atoms with van der Waals surface area (Å²) in [5, 5.41) is 11.3. The van der Waals surface area contributed by atoms with Crippen molar-refractivity contribution in [2.24, 2.45) is 5.92 Å². The summed E-state index contributed by atoms with van der Waals surface area (Å²) in [5.41, 5.74) is 0. The minimum absolute atomic E-state index is 0.446. The average Bonchev–Trinajstić information content (AvgIpc) is 2.90. The predicted octanol–water partition coefficient (Wildman–Crippen LogP) is 1.89. The molecule has 0 aromatic carbocycles. The van der Waals surface area contributed by atoms with E-state index in [1.54, 1.807) is 6.20 Å². The second-order valence-corrected chi connectivity index (χ2v) is 4.95. The summed E-state index contributed by atoms with van der Waals surface area (Å²) in [7, 11) is 0. The molecule has 18 heavy (non-hydrogen) atoms. The number of nitrogens with one attached hydrogen (secondary N) is 1. The highest BCUT2D eigenvalue weighted by Crippen LogP contribution is 2.38. The minimum Gasteiger partial charge on any atom is -0.337 e. The molecule has 0 amide bonds. The van der Waals surface area contributed by atoms with Crippen molar-refractivity contribution >= 4 is 6.01 Å². The lowest BCUT2D eigenvalue weighted by atomic mass is 10.2. The largest absolute Gasteiger partial charge is 0.337 e. The van der Waals surface area contributed by atoms with Crippen LogP contribution < -0.4 is 5.32 Å². The monoisotopic (exact) mass is 247 g/mol. The Morgan fingerprint density at radius 3 is 3.17 bits per heavy atom. The van der Waals surface area contributed by atoms with E-state index in [1.807, 2.05) is 16.9 Å². The maximum atomic E-state index is 5.16. The SMILES string of the molecule is C[C@H](CNc1nc(C2CC2)no1)Cn1cccn1. The van der Waals surface area contributed by atoms with Gasteiger partial charge in [0.2, 0.25) is 0 Å². The molecule has 0 bridgehead atoms. The van der Waals surface area contributed by atoms with Gasteiger partial charge in [-0.05, 0) is 24.8 Å². The molecule has 0 saturated heterocycles. The maximum absolute atomic E-state index is 5.16. The number of hydrogen-bond donors (Lipinski definition) is 1. The lowest BCUT2D eigenvalue weighted by molar-refractivity contribution is 0.413. The number of aromatic nitrogens is 4. The molecule has 0 unspecified atom stereocenters. The van der Waals surface area contributed by atoms with E-state index in [-0.39, 0.29) is 0 Å². The molecular formula is C12H17N5O. The molecule has 96 valence electrons. The van der Waals surface area contributed by atoms with Gasteiger partial charge in [0.25, 0.3) is 0 Å². The molecule has 3 rings (SSSR count). The van der Waals surface area contributed by atoms with Crippen LogP contribution in [0.25, 0.3) is 0 Å². The number of anilines is 1. The van der Waals surface area contributed by atoms with Crippen LogP contribution in [0, 0.1) is 5.92 Å². The van der Waals surface area contributed by atoms with E-state index in [1.165, 1.54) is 12.8 Å². The molecule has 6 heteroatoms. The van der Waals surface area contributed by atoms with Crippen LogP contribution in [0.2, 0.25) is 0 Å². The van der Waals surface area contributed by atoms with Crippen LogP contribution in [-0.4, -0.2) is 26.5 Å². The summed E-state index contributed by atoms with van der Waals surface area (Å²) >= 11 is 0. The second kappa shape index (κ2) is 4.80. The van der Waals surface area contributed by atoms with Crippen molar-refractivity contribution in [2.45, 2.75) is 32.2 Å². The summed E-state index contributed by atoms with van der Waals surface area (Å²) in [6.07, 6.45) is 6.14. The summed E-state index contributed by atoms with van der Waals surface area (Å²) in [6, 6.07) is 2.46. The van der Waals surface area contributed by atoms with Gasteiger partial charge in [0.05, 0.1) is 0 Å². The molecule has 1 N–H and O–H groups in total. The fourth-order valence-electron chi connectivity index (χ4n) is 1.87. The Kier molecular flexibility index (Phi) is 3.00. The molecular weight excluding hydrogens is 230 g/mol. The van der Waals surface area contributed by atoms with E-state index in [0.717, 1.165) is 18.9 Å². The van der Waals surface area contributed by atoms with E-state index >= 15 is 0 Å². The number of hydrogen-bond acceptors (Lipinski definition) is 5. The van der Waals surface area contributed by atoms with Crippen molar-refractivity contribution in [2.75, 3.05) is 11.9 Å². The fourth-order valence-corrected chi connectivity index (χ4v) is 1.87. The zero-order chi connectivity index (χ0) is 12.4. The topological polar surface area (TPSA) is 68.8 Å². The quantitative estimate of drug-likeness (QED) is 0.844. The first kappa shape index (κ1) is 11.3. The van der Waals surface area contributed by atoms with E-state index in [9.17, 15) is 0 Å². The Balaban J connectivity index is 1.47. The Morgan fingerprint density at radius 1 is 1.56 bits per heavy atom. The van der Waals surface area contributed by atoms with Crippen molar-refractivity contribution in [3.63, 3.8) is 0 Å². The number of rotatable bonds is 6. The Morgan fingerprint density at radius 2 is 2.44 bits per heavy atom. The summed E-state index contributed by atoms with van der Waals surface area (Å²) in [5.74, 6) is 1.82. The molecule has 1 aliphatic rings. The van der Waals surface area contributed by atoms with Crippen molar-refractivity contribution in [3.8, 4) is 0 Å². The fraction of sp³-hybridized carbons (Fsp3) is 0.583. The molecule has 1 aliphatic carbocycles. The predicted molar refractivity (Wildman–Crippen MR) is 66.2 cm³/mol. The van der Waals surface area contributed by atoms with Crippen molar-refractivity contribution in [1.29, 1.82) is 0 Å². The molecule has 2 heterocycles. The second-order valence-electron chi connectivity index (χ2n) is 4.95. The van der Waals surface area contributed by atoms with Crippen LogP contribution in [0.3, 0.4) is 0 Å². The molecule has 2 aromatic rings. The van der Waals surface area contributed by atoms with Gasteiger partial charge in [-0.15, -0.1) is 0 Å². The zero-order valence-electron chi connectivity index (χ0n) is 10.4. The average molecular weight is 247 g/mol. The van der Waals surface area contributed by atoms with Crippen LogP contribution in [-0.2, 0) is 6.54 Å². The van der Waals surface area contributed by atoms with Gasteiger partial charge in [0, 0.05) is 31.4 Å². The molecule has 0 spiro atoms. The van der Waals surface area contributed by atoms with Gasteiger partial charge in [-0.25, -0.2) is 0 Å². The third-order valence-corrected chi connectivity index (χ3v) is 3.04. The van der Waals surface area contributed by atoms with Gasteiger partial charge >= 0.3 is 6.01 Å². The summed E-state index contributed by atoms with van der Waals surface area (Å²) in [4.78, 5) is 4.33. The molecule has 2 aromatic heterocycles. The highest BCUT2D eigenvalue weighted by atomic mass is 16.5. The lowest BCUT2D eigenvalue weighted by Gasteiger charge is -2.10. The van der Waals surface area contributed by atoms with E-state index in [2.05, 4.69) is 27.5 Å². The van der Waals surface area contributed by atoms with Gasteiger partial charge in [-0.2, -0.15) is 10.1 Å². The molecule has 1 saturated carbocycles. The van der Waals surface area contributed by atoms with Crippen LogP contribution >= 0.6 is 0 Å². The summed E-state index contributed by atoms with van der Waals surface area (Å²) < 4.78 is 7.08. The molecule has 0 aliphatic heterocycles.